The van der Waals surface area contributed by atoms with Crippen LogP contribution in [0.5, 0.6) is 5.75 Å². The monoisotopic (exact) mass is 340 g/mol. The molecule has 24 heavy (non-hydrogen) atoms. The molecule has 2 aromatic heterocycles. The summed E-state index contributed by atoms with van der Waals surface area (Å²) in [6.45, 7) is 0. The van der Waals surface area contributed by atoms with Crippen LogP contribution in [0.1, 0.15) is 5.56 Å². The van der Waals surface area contributed by atoms with Crippen molar-refractivity contribution in [1.82, 2.24) is 15.2 Å². The Labute approximate surface area is 142 Å². The summed E-state index contributed by atoms with van der Waals surface area (Å²) in [6, 6.07) is 6.31. The first kappa shape index (κ1) is 15.8. The molecule has 0 bridgehead atoms. The van der Waals surface area contributed by atoms with Crippen LogP contribution in [0.2, 0.25) is 5.02 Å². The summed E-state index contributed by atoms with van der Waals surface area (Å²) in [4.78, 5) is 16.1. The molecule has 0 fully saturated rings. The molecule has 1 amide bonds. The average Bonchev–Trinajstić information content (AvgIpc) is 3.11. The van der Waals surface area contributed by atoms with Gasteiger partial charge in [-0.1, -0.05) is 11.6 Å². The highest BCUT2D eigenvalue weighted by Gasteiger charge is 2.05. The molecule has 0 saturated carbocycles. The Morgan fingerprint density at radius 2 is 2.17 bits per heavy atom. The van der Waals surface area contributed by atoms with Gasteiger partial charge in [0, 0.05) is 41.5 Å². The number of phenolic OH excluding ortho intramolecular Hbond substituents is 1. The normalized spacial score (nSPS) is 10.9. The lowest BCUT2D eigenvalue weighted by molar-refractivity contribution is -0.111. The number of aromatic nitrogens is 3. The number of aromatic hydroxyl groups is 1. The van der Waals surface area contributed by atoms with Crippen LogP contribution < -0.4 is 5.32 Å². The van der Waals surface area contributed by atoms with E-state index in [2.05, 4.69) is 20.5 Å². The van der Waals surface area contributed by atoms with Gasteiger partial charge in [-0.25, -0.2) is 0 Å². The number of carbonyl (C=O) groups excluding carboxylic acids is 1. The van der Waals surface area contributed by atoms with E-state index in [0.29, 0.717) is 5.69 Å². The first-order chi connectivity index (χ1) is 11.6. The van der Waals surface area contributed by atoms with Gasteiger partial charge in [0.2, 0.25) is 5.91 Å². The van der Waals surface area contributed by atoms with Gasteiger partial charge in [-0.2, -0.15) is 5.10 Å². The number of carbonyl (C=O) groups is 1. The average molecular weight is 341 g/mol. The van der Waals surface area contributed by atoms with Gasteiger partial charge in [-0.15, -0.1) is 0 Å². The fourth-order valence-corrected chi connectivity index (χ4v) is 2.32. The molecule has 0 aliphatic carbocycles. The Bertz CT molecular complexity index is 891. The summed E-state index contributed by atoms with van der Waals surface area (Å²) >= 11 is 5.81. The molecular formula is C17H13ClN4O2. The molecule has 0 aliphatic rings. The fourth-order valence-electron chi connectivity index (χ4n) is 2.13. The van der Waals surface area contributed by atoms with E-state index in [4.69, 9.17) is 11.6 Å². The maximum absolute atomic E-state index is 12.0. The second-order valence-corrected chi connectivity index (χ2v) is 5.35. The minimum atomic E-state index is -0.321. The minimum absolute atomic E-state index is 0.0367. The molecule has 0 radical (unpaired) electrons. The van der Waals surface area contributed by atoms with Crippen LogP contribution in [-0.2, 0) is 4.79 Å². The number of pyridine rings is 1. The lowest BCUT2D eigenvalue weighted by atomic mass is 10.0. The number of amides is 1. The molecule has 0 unspecified atom stereocenters. The Morgan fingerprint density at radius 1 is 1.29 bits per heavy atom. The standard InChI is InChI=1S/C17H13ClN4O2/c18-15-7-13(2-3-16(15)23)22-17(24)4-1-11-8-19-6-5-14(11)12-9-20-21-10-12/h1-10,23H,(H,20,21)(H,22,24)/b4-1+. The van der Waals surface area contributed by atoms with E-state index in [9.17, 15) is 9.90 Å². The number of hydrogen-bond donors (Lipinski definition) is 3. The number of H-pyrrole nitrogens is 1. The van der Waals surface area contributed by atoms with E-state index < -0.39 is 0 Å². The number of nitrogens with zero attached hydrogens (tertiary/aromatic N) is 2. The summed E-state index contributed by atoms with van der Waals surface area (Å²) in [6.07, 6.45) is 9.89. The van der Waals surface area contributed by atoms with Crippen molar-refractivity contribution in [3.63, 3.8) is 0 Å². The number of phenols is 1. The zero-order valence-corrected chi connectivity index (χ0v) is 13.2. The molecule has 0 spiro atoms. The van der Waals surface area contributed by atoms with Crippen molar-refractivity contribution in [3.8, 4) is 16.9 Å². The van der Waals surface area contributed by atoms with Crippen molar-refractivity contribution in [2.24, 2.45) is 0 Å². The molecule has 6 nitrogen and oxygen atoms in total. The zero-order chi connectivity index (χ0) is 16.9. The van der Waals surface area contributed by atoms with Gasteiger partial charge in [-0.05, 0) is 35.9 Å². The van der Waals surface area contributed by atoms with E-state index in [1.807, 2.05) is 6.07 Å². The number of anilines is 1. The van der Waals surface area contributed by atoms with Crippen LogP contribution in [-0.4, -0.2) is 26.2 Å². The van der Waals surface area contributed by atoms with Crippen LogP contribution in [0.3, 0.4) is 0 Å². The summed E-state index contributed by atoms with van der Waals surface area (Å²) < 4.78 is 0. The highest BCUT2D eigenvalue weighted by atomic mass is 35.5. The SMILES string of the molecule is O=C(/C=C/c1cnccc1-c1cn[nH]c1)Nc1ccc(O)c(Cl)c1. The Morgan fingerprint density at radius 3 is 2.92 bits per heavy atom. The number of hydrogen-bond acceptors (Lipinski definition) is 4. The summed E-state index contributed by atoms with van der Waals surface area (Å²) in [5, 5.41) is 18.9. The minimum Gasteiger partial charge on any atom is -0.506 e. The molecule has 2 heterocycles. The van der Waals surface area contributed by atoms with Gasteiger partial charge in [-0.3, -0.25) is 14.9 Å². The van der Waals surface area contributed by atoms with Crippen LogP contribution >= 0.6 is 11.6 Å². The molecule has 120 valence electrons. The maximum atomic E-state index is 12.0. The van der Waals surface area contributed by atoms with Crippen molar-refractivity contribution in [3.05, 3.63) is 65.7 Å². The number of aromatic amines is 1. The van der Waals surface area contributed by atoms with Gasteiger partial charge in [0.25, 0.3) is 0 Å². The number of benzene rings is 1. The van der Waals surface area contributed by atoms with E-state index >= 15 is 0 Å². The molecule has 3 N–H and O–H groups in total. The Kier molecular flexibility index (Phi) is 4.58. The zero-order valence-electron chi connectivity index (χ0n) is 12.4. The van der Waals surface area contributed by atoms with Crippen molar-refractivity contribution in [2.45, 2.75) is 0 Å². The second kappa shape index (κ2) is 6.97. The summed E-state index contributed by atoms with van der Waals surface area (Å²) in [5.41, 5.74) is 3.10. The quantitative estimate of drug-likeness (QED) is 0.501. The predicted octanol–water partition coefficient (Wildman–Crippen LogP) is 3.48. The van der Waals surface area contributed by atoms with Gasteiger partial charge in [0.15, 0.2) is 0 Å². The van der Waals surface area contributed by atoms with Crippen molar-refractivity contribution in [1.29, 1.82) is 0 Å². The van der Waals surface area contributed by atoms with E-state index in [1.165, 1.54) is 18.2 Å². The smallest absolute Gasteiger partial charge is 0.248 e. The number of nitrogens with one attached hydrogen (secondary N) is 2. The van der Waals surface area contributed by atoms with Gasteiger partial charge in [0.05, 0.1) is 11.2 Å². The molecule has 0 saturated heterocycles. The van der Waals surface area contributed by atoms with Crippen LogP contribution in [0.15, 0.2) is 55.1 Å². The first-order valence-corrected chi connectivity index (χ1v) is 7.42. The summed E-state index contributed by atoms with van der Waals surface area (Å²) in [5.74, 6) is -0.357. The van der Waals surface area contributed by atoms with Crippen LogP contribution in [0, 0.1) is 0 Å². The Balaban J connectivity index is 1.76. The number of halogens is 1. The molecule has 3 aromatic rings. The lowest BCUT2D eigenvalue weighted by Gasteiger charge is -2.04. The first-order valence-electron chi connectivity index (χ1n) is 7.04. The van der Waals surface area contributed by atoms with Crippen LogP contribution in [0.25, 0.3) is 17.2 Å². The number of rotatable bonds is 4. The van der Waals surface area contributed by atoms with Crippen molar-refractivity contribution in [2.75, 3.05) is 5.32 Å². The third-order valence-electron chi connectivity index (χ3n) is 3.29. The van der Waals surface area contributed by atoms with Gasteiger partial charge in [0.1, 0.15) is 5.75 Å². The Hall–Kier alpha value is -3.12. The molecule has 1 aromatic carbocycles. The fraction of sp³-hybridized carbons (Fsp3) is 0. The van der Waals surface area contributed by atoms with Gasteiger partial charge < -0.3 is 10.4 Å². The highest BCUT2D eigenvalue weighted by Crippen LogP contribution is 2.26. The lowest BCUT2D eigenvalue weighted by Crippen LogP contribution is -2.07. The second-order valence-electron chi connectivity index (χ2n) is 4.94. The highest BCUT2D eigenvalue weighted by molar-refractivity contribution is 6.32. The molecule has 0 aliphatic heterocycles. The molecule has 0 atom stereocenters. The van der Waals surface area contributed by atoms with Crippen molar-refractivity contribution >= 4 is 29.3 Å². The molecule has 3 rings (SSSR count). The predicted molar refractivity (Wildman–Crippen MR) is 92.6 cm³/mol. The molecule has 7 heteroatoms. The maximum Gasteiger partial charge on any atom is 0.248 e. The van der Waals surface area contributed by atoms with E-state index in [1.54, 1.807) is 36.9 Å². The third kappa shape index (κ3) is 3.61. The van der Waals surface area contributed by atoms with Gasteiger partial charge >= 0.3 is 0 Å². The largest absolute Gasteiger partial charge is 0.506 e. The third-order valence-corrected chi connectivity index (χ3v) is 3.59. The molecular weight excluding hydrogens is 328 g/mol. The van der Waals surface area contributed by atoms with Crippen LogP contribution in [0.4, 0.5) is 5.69 Å². The van der Waals surface area contributed by atoms with E-state index in [0.717, 1.165) is 16.7 Å². The van der Waals surface area contributed by atoms with E-state index in [-0.39, 0.29) is 16.7 Å². The topological polar surface area (TPSA) is 90.9 Å². The summed E-state index contributed by atoms with van der Waals surface area (Å²) in [7, 11) is 0. The van der Waals surface area contributed by atoms with Crippen molar-refractivity contribution < 1.29 is 9.90 Å².